The normalized spacial score (nSPS) is 19.9. The van der Waals surface area contributed by atoms with Gasteiger partial charge in [-0.15, -0.1) is 0 Å². The number of aryl methyl sites for hydroxylation is 1. The van der Waals surface area contributed by atoms with Crippen molar-refractivity contribution in [2.75, 3.05) is 0 Å². The van der Waals surface area contributed by atoms with Crippen LogP contribution in [0, 0.1) is 29.5 Å². The zero-order chi connectivity index (χ0) is 12.5. The van der Waals surface area contributed by atoms with Gasteiger partial charge in [0.1, 0.15) is 5.82 Å². The Morgan fingerprint density at radius 1 is 1.41 bits per heavy atom. The molecule has 1 aromatic carbocycles. The lowest BCUT2D eigenvalue weighted by Crippen LogP contribution is -2.24. The predicted molar refractivity (Wildman–Crippen MR) is 62.6 cm³/mol. The van der Waals surface area contributed by atoms with Gasteiger partial charge in [0.2, 0.25) is 0 Å². The highest BCUT2D eigenvalue weighted by molar-refractivity contribution is 5.31. The average molecular weight is 233 g/mol. The minimum atomic E-state index is -0.810. The fraction of sp³-hybridized carbons (Fsp3) is 0.500. The summed E-state index contributed by atoms with van der Waals surface area (Å²) in [7, 11) is 0. The molecule has 1 fully saturated rings. The van der Waals surface area contributed by atoms with Crippen LogP contribution in [0.25, 0.3) is 0 Å². The molecule has 2 rings (SSSR count). The maximum atomic E-state index is 13.0. The second-order valence-electron chi connectivity index (χ2n) is 4.88. The van der Waals surface area contributed by atoms with Gasteiger partial charge in [0.25, 0.3) is 0 Å². The van der Waals surface area contributed by atoms with Gasteiger partial charge in [-0.05, 0) is 43.0 Å². The van der Waals surface area contributed by atoms with Gasteiger partial charge >= 0.3 is 0 Å². The molecule has 1 aromatic rings. The summed E-state index contributed by atoms with van der Waals surface area (Å²) in [5.41, 5.74) is 0.705. The molecular weight excluding hydrogens is 217 g/mol. The molecule has 0 heterocycles. The lowest BCUT2D eigenvalue weighted by Gasteiger charge is -2.28. The smallest absolute Gasteiger partial charge is 0.123 e. The average Bonchev–Trinajstić information content (AvgIpc) is 2.78. The number of hydrogen-bond acceptors (Lipinski definition) is 2. The molecule has 90 valence electrons. The number of aliphatic hydroxyl groups excluding tert-OH is 1. The fourth-order valence-corrected chi connectivity index (χ4v) is 2.70. The Labute approximate surface area is 101 Å². The Hall–Kier alpha value is -1.40. The molecule has 1 aliphatic rings. The van der Waals surface area contributed by atoms with E-state index in [0.717, 1.165) is 25.7 Å². The van der Waals surface area contributed by atoms with Crippen LogP contribution in [0.2, 0.25) is 0 Å². The predicted octanol–water partition coefficient (Wildman–Crippen LogP) is 3.25. The van der Waals surface area contributed by atoms with Crippen molar-refractivity contribution in [1.82, 2.24) is 0 Å². The highest BCUT2D eigenvalue weighted by Gasteiger charge is 2.42. The third-order valence-electron chi connectivity index (χ3n) is 3.77. The van der Waals surface area contributed by atoms with Crippen LogP contribution in [-0.4, -0.2) is 5.11 Å². The number of rotatable bonds is 2. The molecular formula is C14H16FNO. The zero-order valence-corrected chi connectivity index (χ0v) is 9.91. The van der Waals surface area contributed by atoms with E-state index in [2.05, 4.69) is 6.07 Å². The van der Waals surface area contributed by atoms with E-state index >= 15 is 0 Å². The first-order chi connectivity index (χ1) is 8.09. The van der Waals surface area contributed by atoms with Crippen LogP contribution in [-0.2, 0) is 0 Å². The topological polar surface area (TPSA) is 44.0 Å². The Kier molecular flexibility index (Phi) is 3.17. The molecule has 2 nitrogen and oxygen atoms in total. The molecule has 0 radical (unpaired) electrons. The third kappa shape index (κ3) is 2.05. The molecule has 0 aromatic heterocycles. The van der Waals surface area contributed by atoms with Crippen molar-refractivity contribution in [3.05, 3.63) is 35.1 Å². The number of nitrogens with zero attached hydrogens (tertiary/aromatic N) is 1. The van der Waals surface area contributed by atoms with E-state index in [4.69, 9.17) is 0 Å². The molecule has 1 saturated carbocycles. The number of benzene rings is 1. The van der Waals surface area contributed by atoms with Gasteiger partial charge < -0.3 is 5.11 Å². The van der Waals surface area contributed by atoms with Crippen molar-refractivity contribution in [1.29, 1.82) is 5.26 Å². The number of nitriles is 1. The zero-order valence-electron chi connectivity index (χ0n) is 9.91. The van der Waals surface area contributed by atoms with Crippen LogP contribution in [0.15, 0.2) is 18.2 Å². The van der Waals surface area contributed by atoms with Gasteiger partial charge in [0.15, 0.2) is 0 Å². The monoisotopic (exact) mass is 233 g/mol. The summed E-state index contributed by atoms with van der Waals surface area (Å²) in [4.78, 5) is 0. The Bertz CT molecular complexity index is 458. The van der Waals surface area contributed by atoms with E-state index in [0.29, 0.717) is 11.1 Å². The van der Waals surface area contributed by atoms with Crippen LogP contribution in [0.4, 0.5) is 4.39 Å². The lowest BCUT2D eigenvalue weighted by molar-refractivity contribution is 0.0665. The highest BCUT2D eigenvalue weighted by atomic mass is 19.1. The van der Waals surface area contributed by atoms with Crippen LogP contribution in [0.5, 0.6) is 0 Å². The summed E-state index contributed by atoms with van der Waals surface area (Å²) in [6.07, 6.45) is 2.59. The standard InChI is InChI=1S/C14H16FNO/c1-10-8-11(15)4-5-12(10)13(17)14(9-16)6-2-3-7-14/h4-5,8,13,17H,2-3,6-7H2,1H3. The molecule has 0 aliphatic heterocycles. The van der Waals surface area contributed by atoms with E-state index in [1.165, 1.54) is 12.1 Å². The molecule has 1 atom stereocenters. The first-order valence-electron chi connectivity index (χ1n) is 5.94. The molecule has 1 N–H and O–H groups in total. The van der Waals surface area contributed by atoms with Crippen molar-refractivity contribution in [3.8, 4) is 6.07 Å². The van der Waals surface area contributed by atoms with E-state index in [-0.39, 0.29) is 5.82 Å². The summed E-state index contributed by atoms with van der Waals surface area (Å²) in [5.74, 6) is -0.309. The Balaban J connectivity index is 2.36. The number of aliphatic hydroxyl groups is 1. The van der Waals surface area contributed by atoms with Gasteiger partial charge in [-0.25, -0.2) is 4.39 Å². The Morgan fingerprint density at radius 3 is 2.59 bits per heavy atom. The SMILES string of the molecule is Cc1cc(F)ccc1C(O)C1(C#N)CCCC1. The third-order valence-corrected chi connectivity index (χ3v) is 3.77. The molecule has 3 heteroatoms. The maximum Gasteiger partial charge on any atom is 0.123 e. The van der Waals surface area contributed by atoms with Crippen molar-refractivity contribution < 1.29 is 9.50 Å². The minimum Gasteiger partial charge on any atom is -0.387 e. The second-order valence-corrected chi connectivity index (χ2v) is 4.88. The van der Waals surface area contributed by atoms with Crippen molar-refractivity contribution in [3.63, 3.8) is 0 Å². The van der Waals surface area contributed by atoms with Crippen LogP contribution in [0.3, 0.4) is 0 Å². The van der Waals surface area contributed by atoms with Crippen molar-refractivity contribution in [2.24, 2.45) is 5.41 Å². The fourth-order valence-electron chi connectivity index (χ4n) is 2.70. The molecule has 0 saturated heterocycles. The summed E-state index contributed by atoms with van der Waals surface area (Å²) in [6, 6.07) is 6.60. The van der Waals surface area contributed by atoms with Gasteiger partial charge in [-0.2, -0.15) is 5.26 Å². The highest BCUT2D eigenvalue weighted by Crippen LogP contribution is 2.47. The van der Waals surface area contributed by atoms with Crippen molar-refractivity contribution >= 4 is 0 Å². The van der Waals surface area contributed by atoms with Gasteiger partial charge in [-0.3, -0.25) is 0 Å². The van der Waals surface area contributed by atoms with Gasteiger partial charge in [0, 0.05) is 0 Å². The first-order valence-corrected chi connectivity index (χ1v) is 5.94. The van der Waals surface area contributed by atoms with E-state index in [1.54, 1.807) is 13.0 Å². The quantitative estimate of drug-likeness (QED) is 0.852. The molecule has 1 aliphatic carbocycles. The van der Waals surface area contributed by atoms with Crippen LogP contribution < -0.4 is 0 Å². The number of halogens is 1. The Morgan fingerprint density at radius 2 is 2.06 bits per heavy atom. The molecule has 17 heavy (non-hydrogen) atoms. The summed E-state index contributed by atoms with van der Waals surface area (Å²) in [5, 5.41) is 19.7. The van der Waals surface area contributed by atoms with Crippen molar-refractivity contribution in [2.45, 2.75) is 38.7 Å². The lowest BCUT2D eigenvalue weighted by atomic mass is 9.77. The minimum absolute atomic E-state index is 0.309. The van der Waals surface area contributed by atoms with E-state index < -0.39 is 11.5 Å². The second kappa shape index (κ2) is 4.46. The molecule has 0 spiro atoms. The van der Waals surface area contributed by atoms with Gasteiger partial charge in [0.05, 0.1) is 17.6 Å². The summed E-state index contributed by atoms with van der Waals surface area (Å²) >= 11 is 0. The molecule has 1 unspecified atom stereocenters. The van der Waals surface area contributed by atoms with E-state index in [1.807, 2.05) is 0 Å². The summed E-state index contributed by atoms with van der Waals surface area (Å²) in [6.45, 7) is 1.77. The maximum absolute atomic E-state index is 13.0. The first kappa shape index (κ1) is 12.1. The molecule has 0 bridgehead atoms. The number of hydrogen-bond donors (Lipinski definition) is 1. The van der Waals surface area contributed by atoms with Gasteiger partial charge in [-0.1, -0.05) is 18.9 Å². The largest absolute Gasteiger partial charge is 0.387 e. The van der Waals surface area contributed by atoms with E-state index in [9.17, 15) is 14.8 Å². The van der Waals surface area contributed by atoms with Crippen LogP contribution in [0.1, 0.15) is 42.9 Å². The molecule has 0 amide bonds. The van der Waals surface area contributed by atoms with Crippen LogP contribution >= 0.6 is 0 Å². The summed E-state index contributed by atoms with van der Waals surface area (Å²) < 4.78 is 13.0.